The zero-order chi connectivity index (χ0) is 16.2. The molecule has 2 rings (SSSR count). The molecule has 1 N–H and O–H groups in total. The van der Waals surface area contributed by atoms with Crippen molar-refractivity contribution in [1.82, 2.24) is 0 Å². The van der Waals surface area contributed by atoms with Crippen LogP contribution in [-0.2, 0) is 0 Å². The van der Waals surface area contributed by atoms with Gasteiger partial charge in [0.15, 0.2) is 0 Å². The zero-order valence-corrected chi connectivity index (χ0v) is 12.9. The lowest BCUT2D eigenvalue weighted by Gasteiger charge is -2.29. The number of nitro groups is 1. The zero-order valence-electron chi connectivity index (χ0n) is 12.9. The first kappa shape index (κ1) is 15.8. The smallest absolute Gasteiger partial charge is 0.240 e. The Hall–Kier alpha value is -2.56. The van der Waals surface area contributed by atoms with E-state index in [4.69, 9.17) is 4.74 Å². The van der Waals surface area contributed by atoms with Crippen LogP contribution in [0.15, 0.2) is 54.6 Å². The molecule has 0 saturated carbocycles. The molecule has 0 radical (unpaired) electrons. The number of methoxy groups -OCH3 is 1. The van der Waals surface area contributed by atoms with Crippen molar-refractivity contribution in [2.24, 2.45) is 0 Å². The maximum absolute atomic E-state index is 11.5. The molecule has 2 aromatic rings. The second kappa shape index (κ2) is 6.47. The van der Waals surface area contributed by atoms with Crippen LogP contribution in [-0.4, -0.2) is 17.6 Å². The minimum atomic E-state index is -1.15. The highest BCUT2D eigenvalue weighted by Crippen LogP contribution is 2.32. The van der Waals surface area contributed by atoms with E-state index in [-0.39, 0.29) is 4.92 Å². The SMILES string of the molecule is COc1ccc(NC(c2ccccc2)C(C)(C)[N+](=O)[O-])cc1. The molecule has 5 heteroatoms. The van der Waals surface area contributed by atoms with Crippen LogP contribution in [0.4, 0.5) is 5.69 Å². The summed E-state index contributed by atoms with van der Waals surface area (Å²) in [5.41, 5.74) is 0.533. The molecule has 1 atom stereocenters. The van der Waals surface area contributed by atoms with E-state index in [0.717, 1.165) is 17.0 Å². The van der Waals surface area contributed by atoms with Crippen molar-refractivity contribution >= 4 is 5.69 Å². The van der Waals surface area contributed by atoms with Gasteiger partial charge in [-0.15, -0.1) is 0 Å². The summed E-state index contributed by atoms with van der Waals surface area (Å²) < 4.78 is 5.13. The van der Waals surface area contributed by atoms with E-state index < -0.39 is 11.6 Å². The molecule has 0 aliphatic rings. The first-order valence-corrected chi connectivity index (χ1v) is 7.05. The van der Waals surface area contributed by atoms with Gasteiger partial charge in [0.2, 0.25) is 5.54 Å². The van der Waals surface area contributed by atoms with E-state index in [1.165, 1.54) is 0 Å². The second-order valence-corrected chi connectivity index (χ2v) is 5.63. The van der Waals surface area contributed by atoms with E-state index in [0.29, 0.717) is 0 Å². The van der Waals surface area contributed by atoms with Gasteiger partial charge in [-0.3, -0.25) is 10.1 Å². The minimum absolute atomic E-state index is 0.249. The molecule has 0 fully saturated rings. The van der Waals surface area contributed by atoms with E-state index in [1.807, 2.05) is 54.6 Å². The van der Waals surface area contributed by atoms with E-state index >= 15 is 0 Å². The Bertz CT molecular complexity index is 624. The van der Waals surface area contributed by atoms with Gasteiger partial charge in [0.25, 0.3) is 0 Å². The Morgan fingerprint density at radius 3 is 2.18 bits per heavy atom. The van der Waals surface area contributed by atoms with Crippen LogP contribution in [0.3, 0.4) is 0 Å². The van der Waals surface area contributed by atoms with Crippen LogP contribution in [0.2, 0.25) is 0 Å². The lowest BCUT2D eigenvalue weighted by Crippen LogP contribution is -2.41. The van der Waals surface area contributed by atoms with Crippen molar-refractivity contribution in [1.29, 1.82) is 0 Å². The molecule has 116 valence electrons. The normalized spacial score (nSPS) is 12.5. The Balaban J connectivity index is 2.34. The maximum Gasteiger partial charge on any atom is 0.240 e. The largest absolute Gasteiger partial charge is 0.497 e. The fraction of sp³-hybridized carbons (Fsp3) is 0.294. The van der Waals surface area contributed by atoms with Crippen molar-refractivity contribution in [3.05, 3.63) is 70.3 Å². The van der Waals surface area contributed by atoms with Gasteiger partial charge >= 0.3 is 0 Å². The maximum atomic E-state index is 11.5. The van der Waals surface area contributed by atoms with Crippen molar-refractivity contribution < 1.29 is 9.66 Å². The molecule has 0 bridgehead atoms. The Morgan fingerprint density at radius 1 is 1.09 bits per heavy atom. The van der Waals surface area contributed by atoms with E-state index in [2.05, 4.69) is 5.32 Å². The van der Waals surface area contributed by atoms with Gasteiger partial charge in [0, 0.05) is 24.5 Å². The Morgan fingerprint density at radius 2 is 1.68 bits per heavy atom. The van der Waals surface area contributed by atoms with Crippen LogP contribution >= 0.6 is 0 Å². The third kappa shape index (κ3) is 3.36. The van der Waals surface area contributed by atoms with Crippen LogP contribution in [0.25, 0.3) is 0 Å². The molecular weight excluding hydrogens is 280 g/mol. The summed E-state index contributed by atoms with van der Waals surface area (Å²) in [5, 5.41) is 14.7. The number of rotatable bonds is 6. The van der Waals surface area contributed by atoms with Crippen molar-refractivity contribution in [2.45, 2.75) is 25.4 Å². The van der Waals surface area contributed by atoms with Gasteiger partial charge in [0.05, 0.1) is 7.11 Å². The third-order valence-electron chi connectivity index (χ3n) is 3.71. The van der Waals surface area contributed by atoms with Crippen molar-refractivity contribution in [2.75, 3.05) is 12.4 Å². The predicted molar refractivity (Wildman–Crippen MR) is 86.9 cm³/mol. The third-order valence-corrected chi connectivity index (χ3v) is 3.71. The second-order valence-electron chi connectivity index (χ2n) is 5.63. The van der Waals surface area contributed by atoms with Crippen molar-refractivity contribution in [3.63, 3.8) is 0 Å². The van der Waals surface area contributed by atoms with Crippen LogP contribution in [0.1, 0.15) is 25.5 Å². The molecule has 0 aromatic heterocycles. The highest BCUT2D eigenvalue weighted by Gasteiger charge is 2.41. The number of benzene rings is 2. The first-order chi connectivity index (χ1) is 10.4. The summed E-state index contributed by atoms with van der Waals surface area (Å²) in [5.74, 6) is 0.746. The lowest BCUT2D eigenvalue weighted by atomic mass is 9.89. The fourth-order valence-corrected chi connectivity index (χ4v) is 2.27. The summed E-state index contributed by atoms with van der Waals surface area (Å²) in [4.78, 5) is 11.2. The van der Waals surface area contributed by atoms with Crippen LogP contribution < -0.4 is 10.1 Å². The first-order valence-electron chi connectivity index (χ1n) is 7.05. The van der Waals surface area contributed by atoms with Crippen molar-refractivity contribution in [3.8, 4) is 5.75 Å². The highest BCUT2D eigenvalue weighted by atomic mass is 16.6. The number of hydrogen-bond acceptors (Lipinski definition) is 4. The number of nitrogens with one attached hydrogen (secondary N) is 1. The molecule has 2 aromatic carbocycles. The molecule has 0 heterocycles. The molecular formula is C17H20N2O3. The average molecular weight is 300 g/mol. The molecule has 0 aliphatic heterocycles. The van der Waals surface area contributed by atoms with Gasteiger partial charge in [-0.05, 0) is 29.8 Å². The van der Waals surface area contributed by atoms with Gasteiger partial charge < -0.3 is 10.1 Å². The number of ether oxygens (including phenoxy) is 1. The number of anilines is 1. The Kier molecular flexibility index (Phi) is 4.65. The summed E-state index contributed by atoms with van der Waals surface area (Å²) in [6.45, 7) is 3.25. The highest BCUT2D eigenvalue weighted by molar-refractivity contribution is 5.49. The summed E-state index contributed by atoms with van der Waals surface area (Å²) in [6.07, 6.45) is 0. The standard InChI is InChI=1S/C17H20N2O3/c1-17(2,19(20)21)16(13-7-5-4-6-8-13)18-14-9-11-15(22-3)12-10-14/h4-12,16,18H,1-3H3. The van der Waals surface area contributed by atoms with Gasteiger partial charge in [-0.1, -0.05) is 30.3 Å². The number of hydrogen-bond donors (Lipinski definition) is 1. The molecule has 5 nitrogen and oxygen atoms in total. The summed E-state index contributed by atoms with van der Waals surface area (Å²) >= 11 is 0. The Labute approximate surface area is 130 Å². The predicted octanol–water partition coefficient (Wildman–Crippen LogP) is 3.90. The van der Waals surface area contributed by atoms with E-state index in [9.17, 15) is 10.1 Å². The minimum Gasteiger partial charge on any atom is -0.497 e. The lowest BCUT2D eigenvalue weighted by molar-refractivity contribution is -0.564. The molecule has 0 saturated heterocycles. The van der Waals surface area contributed by atoms with Crippen LogP contribution in [0.5, 0.6) is 5.75 Å². The summed E-state index contributed by atoms with van der Waals surface area (Å²) in [7, 11) is 1.60. The number of nitrogens with zero attached hydrogens (tertiary/aromatic N) is 1. The monoisotopic (exact) mass is 300 g/mol. The fourth-order valence-electron chi connectivity index (χ4n) is 2.27. The average Bonchev–Trinajstić information content (AvgIpc) is 2.53. The summed E-state index contributed by atoms with van der Waals surface area (Å²) in [6, 6.07) is 16.4. The van der Waals surface area contributed by atoms with Gasteiger partial charge in [0.1, 0.15) is 11.8 Å². The quantitative estimate of drug-likeness (QED) is 0.649. The topological polar surface area (TPSA) is 64.4 Å². The molecule has 0 aliphatic carbocycles. The van der Waals surface area contributed by atoms with Gasteiger partial charge in [-0.25, -0.2) is 0 Å². The van der Waals surface area contributed by atoms with E-state index in [1.54, 1.807) is 21.0 Å². The molecule has 0 amide bonds. The molecule has 1 unspecified atom stereocenters. The van der Waals surface area contributed by atoms with Gasteiger partial charge in [-0.2, -0.15) is 0 Å². The van der Waals surface area contributed by atoms with Crippen LogP contribution in [0, 0.1) is 10.1 Å². The molecule has 0 spiro atoms. The molecule has 22 heavy (non-hydrogen) atoms.